The Labute approximate surface area is 158 Å². The van der Waals surface area contributed by atoms with Crippen molar-refractivity contribution in [3.05, 3.63) is 78.9 Å². The van der Waals surface area contributed by atoms with Crippen LogP contribution in [0.25, 0.3) is 22.3 Å². The first kappa shape index (κ1) is 17.7. The molecule has 0 amide bonds. The Balaban J connectivity index is 0.00000196. The molecular weight excluding hydrogens is 346 g/mol. The van der Waals surface area contributed by atoms with Gasteiger partial charge < -0.3 is 22.5 Å². The van der Waals surface area contributed by atoms with Crippen LogP contribution in [0.15, 0.2) is 78.9 Å². The normalized spacial score (nSPS) is 10.2. The zero-order valence-electron chi connectivity index (χ0n) is 14.2. The molecule has 0 aliphatic carbocycles. The highest BCUT2D eigenvalue weighted by atomic mass is 35.5. The van der Waals surface area contributed by atoms with Gasteiger partial charge in [-0.15, -0.1) is 0 Å². The van der Waals surface area contributed by atoms with Gasteiger partial charge in [-0.1, -0.05) is 42.5 Å². The van der Waals surface area contributed by atoms with Crippen molar-refractivity contribution >= 4 is 22.4 Å². The molecule has 0 spiro atoms. The number of para-hydroxylation sites is 1. The number of fused-ring (bicyclic) bond motifs is 1. The molecule has 0 saturated heterocycles. The maximum atomic E-state index is 5.21. The molecule has 0 aliphatic rings. The number of halogens is 1. The lowest BCUT2D eigenvalue weighted by molar-refractivity contribution is -0.00000533. The lowest BCUT2D eigenvalue weighted by atomic mass is 10.2. The van der Waals surface area contributed by atoms with E-state index in [1.807, 2.05) is 78.9 Å². The highest BCUT2D eigenvalue weighted by Crippen LogP contribution is 2.27. The number of hydrogen-bond acceptors (Lipinski definition) is 4. The molecule has 0 radical (unpaired) electrons. The number of benzene rings is 3. The second-order valence-corrected chi connectivity index (χ2v) is 5.63. The molecule has 0 aliphatic heterocycles. The van der Waals surface area contributed by atoms with Gasteiger partial charge in [0.25, 0.3) is 0 Å². The van der Waals surface area contributed by atoms with Crippen LogP contribution in [0.3, 0.4) is 0 Å². The van der Waals surface area contributed by atoms with Crippen LogP contribution in [0, 0.1) is 0 Å². The largest absolute Gasteiger partial charge is 1.00 e. The van der Waals surface area contributed by atoms with Gasteiger partial charge in [0.2, 0.25) is 0 Å². The van der Waals surface area contributed by atoms with E-state index >= 15 is 0 Å². The summed E-state index contributed by atoms with van der Waals surface area (Å²) in [6, 6.07) is 25.8. The van der Waals surface area contributed by atoms with Crippen molar-refractivity contribution in [1.29, 1.82) is 0 Å². The molecule has 0 fully saturated rings. The van der Waals surface area contributed by atoms with Crippen molar-refractivity contribution in [2.24, 2.45) is 0 Å². The Hall–Kier alpha value is -3.11. The van der Waals surface area contributed by atoms with Crippen molar-refractivity contribution in [3.63, 3.8) is 0 Å². The van der Waals surface area contributed by atoms with Crippen LogP contribution in [-0.2, 0) is 0 Å². The number of nitrogens with one attached hydrogen (secondary N) is 1. The van der Waals surface area contributed by atoms with E-state index in [1.165, 1.54) is 0 Å². The fourth-order valence-electron chi connectivity index (χ4n) is 2.70. The van der Waals surface area contributed by atoms with E-state index in [0.29, 0.717) is 5.82 Å². The molecule has 5 heteroatoms. The Kier molecular flexibility index (Phi) is 5.34. The smallest absolute Gasteiger partial charge is 0.162 e. The molecule has 4 aromatic rings. The van der Waals surface area contributed by atoms with Crippen LogP contribution in [0.4, 0.5) is 11.5 Å². The minimum absolute atomic E-state index is 0. The molecule has 0 atom stereocenters. The molecular formula is C21H17ClN3O-. The van der Waals surface area contributed by atoms with E-state index in [0.717, 1.165) is 33.7 Å². The van der Waals surface area contributed by atoms with E-state index in [4.69, 9.17) is 14.7 Å². The van der Waals surface area contributed by atoms with Crippen molar-refractivity contribution < 1.29 is 17.1 Å². The van der Waals surface area contributed by atoms with Gasteiger partial charge in [0.05, 0.1) is 12.6 Å². The maximum Gasteiger partial charge on any atom is 0.162 e. The molecule has 3 aromatic carbocycles. The number of rotatable bonds is 4. The summed E-state index contributed by atoms with van der Waals surface area (Å²) in [6.45, 7) is 0. The highest BCUT2D eigenvalue weighted by molar-refractivity contribution is 5.92. The Morgan fingerprint density at radius 1 is 0.769 bits per heavy atom. The van der Waals surface area contributed by atoms with Crippen LogP contribution < -0.4 is 22.5 Å². The van der Waals surface area contributed by atoms with Crippen LogP contribution >= 0.6 is 0 Å². The predicted molar refractivity (Wildman–Crippen MR) is 101 cm³/mol. The number of ether oxygens (including phenoxy) is 1. The van der Waals surface area contributed by atoms with E-state index in [1.54, 1.807) is 7.11 Å². The van der Waals surface area contributed by atoms with Gasteiger partial charge in [-0.05, 0) is 36.4 Å². The summed E-state index contributed by atoms with van der Waals surface area (Å²) in [5.41, 5.74) is 2.85. The van der Waals surface area contributed by atoms with Gasteiger partial charge in [-0.25, -0.2) is 9.97 Å². The van der Waals surface area contributed by atoms with Crippen LogP contribution in [0.5, 0.6) is 5.75 Å². The molecule has 0 bridgehead atoms. The highest BCUT2D eigenvalue weighted by Gasteiger charge is 2.09. The zero-order valence-corrected chi connectivity index (χ0v) is 14.9. The molecule has 1 N–H and O–H groups in total. The summed E-state index contributed by atoms with van der Waals surface area (Å²) < 4.78 is 5.21. The summed E-state index contributed by atoms with van der Waals surface area (Å²) in [5, 5.41) is 4.39. The first-order valence-electron chi connectivity index (χ1n) is 8.07. The molecule has 4 nitrogen and oxygen atoms in total. The van der Waals surface area contributed by atoms with Gasteiger partial charge in [-0.3, -0.25) is 0 Å². The van der Waals surface area contributed by atoms with E-state index < -0.39 is 0 Å². The van der Waals surface area contributed by atoms with Gasteiger partial charge >= 0.3 is 0 Å². The van der Waals surface area contributed by atoms with Gasteiger partial charge in [0, 0.05) is 16.6 Å². The third kappa shape index (κ3) is 3.60. The number of hydrogen-bond donors (Lipinski definition) is 1. The van der Waals surface area contributed by atoms with Gasteiger partial charge in [0.15, 0.2) is 5.82 Å². The average Bonchev–Trinajstić information content (AvgIpc) is 2.69. The molecule has 1 aromatic heterocycles. The van der Waals surface area contributed by atoms with Crippen LogP contribution in [0.1, 0.15) is 0 Å². The average molecular weight is 363 g/mol. The third-order valence-electron chi connectivity index (χ3n) is 3.99. The molecule has 1 heterocycles. The van der Waals surface area contributed by atoms with Crippen LogP contribution in [0.2, 0.25) is 0 Å². The summed E-state index contributed by atoms with van der Waals surface area (Å²) in [7, 11) is 1.66. The molecule has 0 saturated carbocycles. The predicted octanol–water partition coefficient (Wildman–Crippen LogP) is 2.05. The van der Waals surface area contributed by atoms with E-state index in [2.05, 4.69) is 5.32 Å². The fourth-order valence-corrected chi connectivity index (χ4v) is 2.70. The fraction of sp³-hybridized carbons (Fsp3) is 0.0476. The van der Waals surface area contributed by atoms with Crippen molar-refractivity contribution in [3.8, 4) is 17.1 Å². The Morgan fingerprint density at radius 2 is 1.46 bits per heavy atom. The molecule has 0 unspecified atom stereocenters. The van der Waals surface area contributed by atoms with Crippen LogP contribution in [-0.4, -0.2) is 17.1 Å². The van der Waals surface area contributed by atoms with Gasteiger partial charge in [-0.2, -0.15) is 0 Å². The third-order valence-corrected chi connectivity index (χ3v) is 3.99. The summed E-state index contributed by atoms with van der Waals surface area (Å²) in [6.07, 6.45) is 0. The zero-order chi connectivity index (χ0) is 17.1. The SMILES string of the molecule is COc1ccc(Nc2nc(-c3ccccc3)nc3ccccc23)cc1.[Cl-]. The standard InChI is InChI=1S/C21H17N3O.ClH/c1-25-17-13-11-16(12-14-17)22-21-18-9-5-6-10-19(18)23-20(24-21)15-7-3-2-4-8-15;/h2-14H,1H3,(H,22,23,24);1H/p-1. The van der Waals surface area contributed by atoms with Crippen molar-refractivity contribution in [1.82, 2.24) is 9.97 Å². The minimum atomic E-state index is 0. The minimum Gasteiger partial charge on any atom is -1.00 e. The summed E-state index contributed by atoms with van der Waals surface area (Å²) in [4.78, 5) is 9.46. The van der Waals surface area contributed by atoms with Crippen molar-refractivity contribution in [2.75, 3.05) is 12.4 Å². The molecule has 4 rings (SSSR count). The number of aromatic nitrogens is 2. The molecule has 130 valence electrons. The number of anilines is 2. The lowest BCUT2D eigenvalue weighted by Crippen LogP contribution is -3.00. The summed E-state index contributed by atoms with van der Waals surface area (Å²) >= 11 is 0. The Morgan fingerprint density at radius 3 is 2.19 bits per heavy atom. The number of methoxy groups -OCH3 is 1. The molecule has 26 heavy (non-hydrogen) atoms. The second kappa shape index (κ2) is 7.85. The van der Waals surface area contributed by atoms with Gasteiger partial charge in [0.1, 0.15) is 11.6 Å². The first-order valence-corrected chi connectivity index (χ1v) is 8.07. The topological polar surface area (TPSA) is 47.0 Å². The number of nitrogens with zero attached hydrogens (tertiary/aromatic N) is 2. The monoisotopic (exact) mass is 362 g/mol. The maximum absolute atomic E-state index is 5.21. The second-order valence-electron chi connectivity index (χ2n) is 5.63. The lowest BCUT2D eigenvalue weighted by Gasteiger charge is -2.11. The summed E-state index contributed by atoms with van der Waals surface area (Å²) in [5.74, 6) is 2.31. The van der Waals surface area contributed by atoms with E-state index in [-0.39, 0.29) is 12.4 Å². The Bertz CT molecular complexity index is 1000. The van der Waals surface area contributed by atoms with E-state index in [9.17, 15) is 0 Å². The van der Waals surface area contributed by atoms with Crippen molar-refractivity contribution in [2.45, 2.75) is 0 Å². The quantitative estimate of drug-likeness (QED) is 0.603. The first-order chi connectivity index (χ1) is 12.3.